The summed E-state index contributed by atoms with van der Waals surface area (Å²) in [6.45, 7) is 4.41. The van der Waals surface area contributed by atoms with E-state index >= 15 is 0 Å². The van der Waals surface area contributed by atoms with Crippen LogP contribution in [0.2, 0.25) is 0 Å². The third kappa shape index (κ3) is 3.40. The van der Waals surface area contributed by atoms with Crippen molar-refractivity contribution < 1.29 is 9.13 Å². The smallest absolute Gasteiger partial charge is 0.126 e. The molecule has 0 saturated heterocycles. The van der Waals surface area contributed by atoms with E-state index in [0.717, 1.165) is 30.4 Å². The summed E-state index contributed by atoms with van der Waals surface area (Å²) in [6.07, 6.45) is 2.51. The molecule has 17 heavy (non-hydrogen) atoms. The molecule has 1 saturated carbocycles. The van der Waals surface area contributed by atoms with Gasteiger partial charge in [-0.25, -0.2) is 4.39 Å². The first-order valence-corrected chi connectivity index (χ1v) is 6.26. The molecular weight excluding hydrogens is 215 g/mol. The second kappa shape index (κ2) is 5.97. The molecule has 1 aliphatic rings. The predicted molar refractivity (Wildman–Crippen MR) is 68.6 cm³/mol. The second-order valence-electron chi connectivity index (χ2n) is 4.62. The maximum atomic E-state index is 13.5. The molecule has 0 spiro atoms. The zero-order chi connectivity index (χ0) is 12.1. The summed E-state index contributed by atoms with van der Waals surface area (Å²) >= 11 is 0. The van der Waals surface area contributed by atoms with E-state index < -0.39 is 6.17 Å². The van der Waals surface area contributed by atoms with Crippen LogP contribution in [0.1, 0.15) is 31.2 Å². The molecule has 2 rings (SSSR count). The van der Waals surface area contributed by atoms with Crippen LogP contribution >= 0.6 is 0 Å². The van der Waals surface area contributed by atoms with Gasteiger partial charge in [0.2, 0.25) is 0 Å². The number of hydrogen-bond acceptors (Lipinski definition) is 1. The summed E-state index contributed by atoms with van der Waals surface area (Å²) in [7, 11) is 0. The van der Waals surface area contributed by atoms with Gasteiger partial charge in [0, 0.05) is 0 Å². The highest BCUT2D eigenvalue weighted by molar-refractivity contribution is 5.63. The Morgan fingerprint density at radius 3 is 2.65 bits per heavy atom. The lowest BCUT2D eigenvalue weighted by atomic mass is 9.96. The Bertz CT molecular complexity index is 360. The van der Waals surface area contributed by atoms with Gasteiger partial charge in [-0.05, 0) is 24.0 Å². The number of benzene rings is 1. The lowest BCUT2D eigenvalue weighted by Crippen LogP contribution is -2.29. The first kappa shape index (κ1) is 12.3. The van der Waals surface area contributed by atoms with Crippen LogP contribution < -0.4 is 0 Å². The van der Waals surface area contributed by atoms with E-state index in [-0.39, 0.29) is 6.10 Å². The minimum Gasteiger partial charge on any atom is -0.371 e. The highest BCUT2D eigenvalue weighted by Crippen LogP contribution is 2.25. The van der Waals surface area contributed by atoms with Gasteiger partial charge in [0.25, 0.3) is 0 Å². The largest absolute Gasteiger partial charge is 0.371 e. The molecule has 2 atom stereocenters. The molecule has 0 aromatic heterocycles. The zero-order valence-corrected chi connectivity index (χ0v) is 10.1. The fourth-order valence-corrected chi connectivity index (χ4v) is 2.20. The summed E-state index contributed by atoms with van der Waals surface area (Å²) in [5, 5.41) is 0. The van der Waals surface area contributed by atoms with Crippen molar-refractivity contribution >= 4 is 5.57 Å². The van der Waals surface area contributed by atoms with Crippen molar-refractivity contribution in [3.63, 3.8) is 0 Å². The van der Waals surface area contributed by atoms with Crippen molar-refractivity contribution in [1.82, 2.24) is 0 Å². The quantitative estimate of drug-likeness (QED) is 0.765. The normalized spacial score (nSPS) is 24.5. The maximum Gasteiger partial charge on any atom is 0.126 e. The van der Waals surface area contributed by atoms with Gasteiger partial charge in [-0.15, -0.1) is 0 Å². The van der Waals surface area contributed by atoms with Crippen molar-refractivity contribution in [2.45, 2.75) is 38.0 Å². The van der Waals surface area contributed by atoms with Crippen LogP contribution in [-0.4, -0.2) is 18.9 Å². The number of ether oxygens (including phenoxy) is 1. The molecule has 1 aromatic rings. The molecule has 2 heteroatoms. The van der Waals surface area contributed by atoms with E-state index in [9.17, 15) is 4.39 Å². The molecule has 1 fully saturated rings. The predicted octanol–water partition coefficient (Wildman–Crippen LogP) is 4.00. The molecule has 0 heterocycles. The van der Waals surface area contributed by atoms with Crippen molar-refractivity contribution in [3.05, 3.63) is 42.5 Å². The molecule has 0 aliphatic heterocycles. The van der Waals surface area contributed by atoms with Crippen LogP contribution in [0.3, 0.4) is 0 Å². The van der Waals surface area contributed by atoms with Gasteiger partial charge >= 0.3 is 0 Å². The van der Waals surface area contributed by atoms with Gasteiger partial charge in [0.15, 0.2) is 0 Å². The SMILES string of the molecule is C=C(COC1CCCCC1F)c1ccccc1. The van der Waals surface area contributed by atoms with Gasteiger partial charge in [-0.3, -0.25) is 0 Å². The summed E-state index contributed by atoms with van der Waals surface area (Å²) in [5.74, 6) is 0. The fourth-order valence-electron chi connectivity index (χ4n) is 2.20. The van der Waals surface area contributed by atoms with E-state index in [1.165, 1.54) is 0 Å². The van der Waals surface area contributed by atoms with Gasteiger partial charge in [0.05, 0.1) is 12.7 Å². The Hall–Kier alpha value is -1.15. The van der Waals surface area contributed by atoms with Crippen LogP contribution in [0, 0.1) is 0 Å². The van der Waals surface area contributed by atoms with Crippen molar-refractivity contribution in [1.29, 1.82) is 0 Å². The van der Waals surface area contributed by atoms with Crippen LogP contribution in [0.5, 0.6) is 0 Å². The molecule has 0 bridgehead atoms. The fraction of sp³-hybridized carbons (Fsp3) is 0.467. The topological polar surface area (TPSA) is 9.23 Å². The molecular formula is C15H19FO. The van der Waals surface area contributed by atoms with Gasteiger partial charge in [-0.1, -0.05) is 49.8 Å². The minimum absolute atomic E-state index is 0.232. The Morgan fingerprint density at radius 1 is 1.24 bits per heavy atom. The monoisotopic (exact) mass is 234 g/mol. The Labute approximate surface area is 102 Å². The van der Waals surface area contributed by atoms with E-state index in [2.05, 4.69) is 6.58 Å². The molecule has 92 valence electrons. The van der Waals surface area contributed by atoms with Crippen molar-refractivity contribution in [2.75, 3.05) is 6.61 Å². The van der Waals surface area contributed by atoms with Gasteiger partial charge < -0.3 is 4.74 Å². The van der Waals surface area contributed by atoms with E-state index in [1.807, 2.05) is 30.3 Å². The van der Waals surface area contributed by atoms with Crippen LogP contribution in [0.4, 0.5) is 4.39 Å². The third-order valence-corrected chi connectivity index (χ3v) is 3.28. The standard InChI is InChI=1S/C15H19FO/c1-12(13-7-3-2-4-8-13)11-17-15-10-6-5-9-14(15)16/h2-4,7-8,14-15H,1,5-6,9-11H2. The maximum absolute atomic E-state index is 13.5. The van der Waals surface area contributed by atoms with Crippen LogP contribution in [0.15, 0.2) is 36.9 Å². The molecule has 2 unspecified atom stereocenters. The number of alkyl halides is 1. The highest BCUT2D eigenvalue weighted by Gasteiger charge is 2.25. The van der Waals surface area contributed by atoms with E-state index in [1.54, 1.807) is 0 Å². The summed E-state index contributed by atoms with van der Waals surface area (Å²) < 4.78 is 19.2. The molecule has 1 aromatic carbocycles. The number of rotatable bonds is 4. The molecule has 0 radical (unpaired) electrons. The van der Waals surface area contributed by atoms with Gasteiger partial charge in [-0.2, -0.15) is 0 Å². The molecule has 0 amide bonds. The first-order chi connectivity index (χ1) is 8.27. The number of halogens is 1. The highest BCUT2D eigenvalue weighted by atomic mass is 19.1. The lowest BCUT2D eigenvalue weighted by Gasteiger charge is -2.26. The van der Waals surface area contributed by atoms with E-state index in [0.29, 0.717) is 13.0 Å². The second-order valence-corrected chi connectivity index (χ2v) is 4.62. The molecule has 1 aliphatic carbocycles. The molecule has 1 nitrogen and oxygen atoms in total. The van der Waals surface area contributed by atoms with Gasteiger partial charge in [0.1, 0.15) is 6.17 Å². The van der Waals surface area contributed by atoms with Crippen LogP contribution in [-0.2, 0) is 4.74 Å². The van der Waals surface area contributed by atoms with Crippen molar-refractivity contribution in [2.24, 2.45) is 0 Å². The Kier molecular flexibility index (Phi) is 4.32. The van der Waals surface area contributed by atoms with Crippen molar-refractivity contribution in [3.8, 4) is 0 Å². The average Bonchev–Trinajstić information content (AvgIpc) is 2.38. The summed E-state index contributed by atoms with van der Waals surface area (Å²) in [6, 6.07) is 9.91. The Balaban J connectivity index is 1.84. The first-order valence-electron chi connectivity index (χ1n) is 6.26. The minimum atomic E-state index is -0.799. The van der Waals surface area contributed by atoms with Crippen LogP contribution in [0.25, 0.3) is 5.57 Å². The third-order valence-electron chi connectivity index (χ3n) is 3.28. The summed E-state index contributed by atoms with van der Waals surface area (Å²) in [5.41, 5.74) is 1.99. The summed E-state index contributed by atoms with van der Waals surface area (Å²) in [4.78, 5) is 0. The van der Waals surface area contributed by atoms with E-state index in [4.69, 9.17) is 4.74 Å². The lowest BCUT2D eigenvalue weighted by molar-refractivity contribution is -0.00901. The number of hydrogen-bond donors (Lipinski definition) is 0. The molecule has 0 N–H and O–H groups in total. The Morgan fingerprint density at radius 2 is 1.94 bits per heavy atom. The zero-order valence-electron chi connectivity index (χ0n) is 10.1. The average molecular weight is 234 g/mol.